The van der Waals surface area contributed by atoms with E-state index in [0.717, 1.165) is 39.1 Å². The van der Waals surface area contributed by atoms with Crippen LogP contribution in [0.25, 0.3) is 0 Å². The number of piperazine rings is 1. The molecule has 6 nitrogen and oxygen atoms in total. The smallest absolute Gasteiger partial charge is 0.271 e. The van der Waals surface area contributed by atoms with Gasteiger partial charge < -0.3 is 15.1 Å². The Kier molecular flexibility index (Phi) is 5.23. The van der Waals surface area contributed by atoms with Crippen molar-refractivity contribution in [2.75, 3.05) is 46.3 Å². The number of hydrogen-bond donors (Lipinski definition) is 1. The predicted octanol–water partition coefficient (Wildman–Crippen LogP) is -0.156. The average molecular weight is 263 g/mol. The first-order chi connectivity index (χ1) is 9.25. The summed E-state index contributed by atoms with van der Waals surface area (Å²) in [6.45, 7) is 6.22. The van der Waals surface area contributed by atoms with Crippen molar-refractivity contribution in [1.82, 2.24) is 25.1 Å². The van der Waals surface area contributed by atoms with Crippen molar-refractivity contribution in [2.24, 2.45) is 0 Å². The van der Waals surface area contributed by atoms with Gasteiger partial charge in [0, 0.05) is 45.1 Å². The molecule has 1 N–H and O–H groups in total. The molecule has 2 rings (SSSR count). The Labute approximate surface area is 113 Å². The van der Waals surface area contributed by atoms with Gasteiger partial charge in [0.25, 0.3) is 5.91 Å². The molecule has 1 aliphatic rings. The van der Waals surface area contributed by atoms with Crippen LogP contribution in [0.1, 0.15) is 16.9 Å². The highest BCUT2D eigenvalue weighted by atomic mass is 16.1. The summed E-state index contributed by atoms with van der Waals surface area (Å²) in [7, 11) is 2.15. The second-order valence-electron chi connectivity index (χ2n) is 4.85. The highest BCUT2D eigenvalue weighted by Crippen LogP contribution is 1.99. The molecule has 2 heterocycles. The molecule has 0 unspecified atom stereocenters. The summed E-state index contributed by atoms with van der Waals surface area (Å²) < 4.78 is 0. The lowest BCUT2D eigenvalue weighted by Gasteiger charge is -2.32. The number of nitrogens with one attached hydrogen (secondary N) is 1. The Morgan fingerprint density at radius 2 is 2.11 bits per heavy atom. The summed E-state index contributed by atoms with van der Waals surface area (Å²) in [5.41, 5.74) is 0.377. The summed E-state index contributed by atoms with van der Waals surface area (Å²) in [6.07, 6.45) is 5.54. The fourth-order valence-electron chi connectivity index (χ4n) is 2.08. The number of nitrogens with zero attached hydrogens (tertiary/aromatic N) is 4. The zero-order chi connectivity index (χ0) is 13.5. The number of aromatic nitrogens is 2. The van der Waals surface area contributed by atoms with Crippen LogP contribution in [-0.4, -0.2) is 72.0 Å². The Hall–Kier alpha value is -1.53. The first kappa shape index (κ1) is 13.9. The van der Waals surface area contributed by atoms with Crippen LogP contribution in [0, 0.1) is 0 Å². The number of likely N-dealkylation sites (N-methyl/N-ethyl adjacent to an activating group) is 1. The van der Waals surface area contributed by atoms with Gasteiger partial charge in [-0.15, -0.1) is 0 Å². The molecule has 0 atom stereocenters. The van der Waals surface area contributed by atoms with E-state index in [1.165, 1.54) is 12.4 Å². The topological polar surface area (TPSA) is 61.4 Å². The minimum absolute atomic E-state index is 0.147. The van der Waals surface area contributed by atoms with Gasteiger partial charge in [0.2, 0.25) is 0 Å². The Morgan fingerprint density at radius 1 is 1.32 bits per heavy atom. The van der Waals surface area contributed by atoms with Crippen molar-refractivity contribution in [3.8, 4) is 0 Å². The van der Waals surface area contributed by atoms with E-state index in [0.29, 0.717) is 12.2 Å². The normalized spacial score (nSPS) is 17.3. The van der Waals surface area contributed by atoms with E-state index in [4.69, 9.17) is 0 Å². The van der Waals surface area contributed by atoms with E-state index in [9.17, 15) is 4.79 Å². The van der Waals surface area contributed by atoms with E-state index in [1.54, 1.807) is 6.20 Å². The maximum Gasteiger partial charge on any atom is 0.271 e. The number of carbonyl (C=O) groups excluding carboxylic acids is 1. The fourth-order valence-corrected chi connectivity index (χ4v) is 2.08. The first-order valence-corrected chi connectivity index (χ1v) is 6.71. The Morgan fingerprint density at radius 3 is 2.79 bits per heavy atom. The highest BCUT2D eigenvalue weighted by Gasteiger charge is 2.13. The van der Waals surface area contributed by atoms with Crippen LogP contribution < -0.4 is 5.32 Å². The van der Waals surface area contributed by atoms with E-state index in [-0.39, 0.29) is 5.91 Å². The fraction of sp³-hybridized carbons (Fsp3) is 0.615. The largest absolute Gasteiger partial charge is 0.351 e. The van der Waals surface area contributed by atoms with Crippen LogP contribution in [0.5, 0.6) is 0 Å². The molecule has 0 radical (unpaired) electrons. The standard InChI is InChI=1S/C13H21N5O/c1-17-7-9-18(10-8-17)6-2-3-16-13(19)12-11-14-4-5-15-12/h4-5,11H,2-3,6-10H2,1H3,(H,16,19). The van der Waals surface area contributed by atoms with Gasteiger partial charge in [-0.05, 0) is 20.0 Å². The number of rotatable bonds is 5. The number of amides is 1. The molecule has 1 aromatic rings. The predicted molar refractivity (Wildman–Crippen MR) is 72.9 cm³/mol. The van der Waals surface area contributed by atoms with E-state index in [2.05, 4.69) is 32.1 Å². The van der Waals surface area contributed by atoms with Crippen LogP contribution in [-0.2, 0) is 0 Å². The minimum atomic E-state index is -0.147. The van der Waals surface area contributed by atoms with Crippen molar-refractivity contribution >= 4 is 5.91 Å². The third-order valence-corrected chi connectivity index (χ3v) is 3.33. The lowest BCUT2D eigenvalue weighted by atomic mass is 10.3. The summed E-state index contributed by atoms with van der Waals surface area (Å²) in [4.78, 5) is 24.3. The molecule has 1 saturated heterocycles. The van der Waals surface area contributed by atoms with Gasteiger partial charge in [0.15, 0.2) is 0 Å². The summed E-state index contributed by atoms with van der Waals surface area (Å²) in [5, 5.41) is 2.87. The SMILES string of the molecule is CN1CCN(CCCNC(=O)c2cnccn2)CC1. The number of hydrogen-bond acceptors (Lipinski definition) is 5. The maximum atomic E-state index is 11.7. The minimum Gasteiger partial charge on any atom is -0.351 e. The van der Waals surface area contributed by atoms with Crippen molar-refractivity contribution in [3.05, 3.63) is 24.3 Å². The summed E-state index contributed by atoms with van der Waals surface area (Å²) in [6, 6.07) is 0. The van der Waals surface area contributed by atoms with Gasteiger partial charge in [-0.25, -0.2) is 4.98 Å². The average Bonchev–Trinajstić information content (AvgIpc) is 2.46. The molecular weight excluding hydrogens is 242 g/mol. The molecule has 104 valence electrons. The molecule has 0 aliphatic carbocycles. The lowest BCUT2D eigenvalue weighted by Crippen LogP contribution is -2.45. The van der Waals surface area contributed by atoms with Gasteiger partial charge in [0.05, 0.1) is 6.20 Å². The second-order valence-corrected chi connectivity index (χ2v) is 4.85. The van der Waals surface area contributed by atoms with Crippen LogP contribution in [0.3, 0.4) is 0 Å². The van der Waals surface area contributed by atoms with Crippen LogP contribution in [0.2, 0.25) is 0 Å². The summed E-state index contributed by atoms with van der Waals surface area (Å²) >= 11 is 0. The van der Waals surface area contributed by atoms with Crippen molar-refractivity contribution in [2.45, 2.75) is 6.42 Å². The van der Waals surface area contributed by atoms with Crippen molar-refractivity contribution in [3.63, 3.8) is 0 Å². The van der Waals surface area contributed by atoms with Gasteiger partial charge >= 0.3 is 0 Å². The zero-order valence-electron chi connectivity index (χ0n) is 11.4. The second kappa shape index (κ2) is 7.16. The van der Waals surface area contributed by atoms with Crippen LogP contribution in [0.4, 0.5) is 0 Å². The van der Waals surface area contributed by atoms with Gasteiger partial charge in [-0.3, -0.25) is 9.78 Å². The van der Waals surface area contributed by atoms with Gasteiger partial charge in [0.1, 0.15) is 5.69 Å². The molecule has 1 aliphatic heterocycles. The van der Waals surface area contributed by atoms with E-state index >= 15 is 0 Å². The van der Waals surface area contributed by atoms with Crippen LogP contribution in [0.15, 0.2) is 18.6 Å². The lowest BCUT2D eigenvalue weighted by molar-refractivity contribution is 0.0944. The van der Waals surface area contributed by atoms with Crippen molar-refractivity contribution in [1.29, 1.82) is 0 Å². The third-order valence-electron chi connectivity index (χ3n) is 3.33. The number of carbonyl (C=O) groups is 1. The molecular formula is C13H21N5O. The van der Waals surface area contributed by atoms with E-state index < -0.39 is 0 Å². The molecule has 0 bridgehead atoms. The molecule has 6 heteroatoms. The molecule has 0 spiro atoms. The third kappa shape index (κ3) is 4.57. The quantitative estimate of drug-likeness (QED) is 0.748. The Balaban J connectivity index is 1.61. The van der Waals surface area contributed by atoms with Gasteiger partial charge in [-0.1, -0.05) is 0 Å². The zero-order valence-corrected chi connectivity index (χ0v) is 11.4. The molecule has 0 saturated carbocycles. The summed E-state index contributed by atoms with van der Waals surface area (Å²) in [5.74, 6) is -0.147. The highest BCUT2D eigenvalue weighted by molar-refractivity contribution is 5.91. The molecule has 19 heavy (non-hydrogen) atoms. The molecule has 1 aromatic heterocycles. The Bertz CT molecular complexity index is 389. The van der Waals surface area contributed by atoms with Crippen molar-refractivity contribution < 1.29 is 4.79 Å². The maximum absolute atomic E-state index is 11.7. The first-order valence-electron chi connectivity index (χ1n) is 6.71. The molecule has 0 aromatic carbocycles. The van der Waals surface area contributed by atoms with E-state index in [1.807, 2.05) is 0 Å². The van der Waals surface area contributed by atoms with Gasteiger partial charge in [-0.2, -0.15) is 0 Å². The van der Waals surface area contributed by atoms with Crippen LogP contribution >= 0.6 is 0 Å². The molecule has 1 amide bonds. The monoisotopic (exact) mass is 263 g/mol. The molecule has 1 fully saturated rings.